The van der Waals surface area contributed by atoms with E-state index in [0.717, 1.165) is 5.56 Å². The lowest BCUT2D eigenvalue weighted by atomic mass is 10.0. The zero-order chi connectivity index (χ0) is 11.8. The van der Waals surface area contributed by atoms with E-state index >= 15 is 0 Å². The third-order valence-corrected chi connectivity index (χ3v) is 3.61. The first-order valence-corrected chi connectivity index (χ1v) is 5.91. The summed E-state index contributed by atoms with van der Waals surface area (Å²) in [5.41, 5.74) is 1.05. The molecule has 96 valence electrons. The Hall–Kier alpha value is -1.61. The van der Waals surface area contributed by atoms with Crippen molar-refractivity contribution in [1.29, 1.82) is 0 Å². The molecule has 2 aliphatic rings. The van der Waals surface area contributed by atoms with Crippen LogP contribution in [-0.4, -0.2) is 23.5 Å². The number of carbonyl (C=O) groups excluding carboxylic acids is 1. The van der Waals surface area contributed by atoms with Gasteiger partial charge in [-0.1, -0.05) is 43.8 Å². The smallest absolute Gasteiger partial charge is 0.225 e. The number of rotatable bonds is 2. The van der Waals surface area contributed by atoms with Crippen LogP contribution in [0.15, 0.2) is 43.0 Å². The maximum Gasteiger partial charge on any atom is 0.225 e. The molecule has 0 spiro atoms. The normalized spacial score (nSPS) is 29.9. The second-order valence-electron chi connectivity index (χ2n) is 4.57. The van der Waals surface area contributed by atoms with E-state index in [1.807, 2.05) is 41.3 Å². The summed E-state index contributed by atoms with van der Waals surface area (Å²) in [5.74, 6) is 0.405. The lowest BCUT2D eigenvalue weighted by Gasteiger charge is -2.23. The van der Waals surface area contributed by atoms with Gasteiger partial charge in [-0.3, -0.25) is 4.79 Å². The summed E-state index contributed by atoms with van der Waals surface area (Å²) in [5, 5.41) is 0. The summed E-state index contributed by atoms with van der Waals surface area (Å²) < 4.78 is 5.77. The van der Waals surface area contributed by atoms with Gasteiger partial charge in [-0.2, -0.15) is 0 Å². The van der Waals surface area contributed by atoms with Crippen molar-refractivity contribution in [1.82, 2.24) is 4.90 Å². The number of carbonyl (C=O) groups is 1. The highest BCUT2D eigenvalue weighted by molar-refractivity contribution is 5.80. The van der Waals surface area contributed by atoms with Crippen LogP contribution in [0.1, 0.15) is 25.6 Å². The maximum absolute atomic E-state index is 12.0. The van der Waals surface area contributed by atoms with Crippen molar-refractivity contribution in [2.24, 2.45) is 5.92 Å². The van der Waals surface area contributed by atoms with Crippen molar-refractivity contribution in [3.8, 4) is 0 Å². The van der Waals surface area contributed by atoms with Crippen molar-refractivity contribution in [3.63, 3.8) is 0 Å². The SMILES string of the molecule is C.C=C[C@@H]1CC(=O)N2[C@H](c3ccccc3)OC[C@@H]12. The first-order chi connectivity index (χ1) is 8.31. The Kier molecular flexibility index (Phi) is 3.53. The Balaban J connectivity index is 0.00000120. The van der Waals surface area contributed by atoms with E-state index in [1.165, 1.54) is 0 Å². The van der Waals surface area contributed by atoms with Crippen LogP contribution in [-0.2, 0) is 9.53 Å². The quantitative estimate of drug-likeness (QED) is 0.750. The van der Waals surface area contributed by atoms with Gasteiger partial charge < -0.3 is 9.64 Å². The van der Waals surface area contributed by atoms with Crippen molar-refractivity contribution < 1.29 is 9.53 Å². The topological polar surface area (TPSA) is 29.5 Å². The minimum atomic E-state index is -0.210. The molecule has 1 amide bonds. The second kappa shape index (κ2) is 4.94. The Bertz CT molecular complexity index is 443. The summed E-state index contributed by atoms with van der Waals surface area (Å²) in [7, 11) is 0. The van der Waals surface area contributed by atoms with Crippen LogP contribution in [0.4, 0.5) is 0 Å². The van der Waals surface area contributed by atoms with Crippen LogP contribution in [0.25, 0.3) is 0 Å². The molecule has 3 nitrogen and oxygen atoms in total. The molecule has 3 atom stereocenters. The van der Waals surface area contributed by atoms with Crippen LogP contribution in [0.3, 0.4) is 0 Å². The predicted molar refractivity (Wildman–Crippen MR) is 70.8 cm³/mol. The van der Waals surface area contributed by atoms with Gasteiger partial charge in [0, 0.05) is 17.9 Å². The zero-order valence-corrected chi connectivity index (χ0v) is 9.58. The van der Waals surface area contributed by atoms with Crippen LogP contribution < -0.4 is 0 Å². The summed E-state index contributed by atoms with van der Waals surface area (Å²) in [6.45, 7) is 4.41. The van der Waals surface area contributed by atoms with Gasteiger partial charge in [-0.05, 0) is 0 Å². The average molecular weight is 245 g/mol. The maximum atomic E-state index is 12.0. The molecule has 2 heterocycles. The minimum Gasteiger partial charge on any atom is -0.352 e. The summed E-state index contributed by atoms with van der Waals surface area (Å²) >= 11 is 0. The molecule has 0 saturated carbocycles. The third kappa shape index (κ3) is 1.85. The van der Waals surface area contributed by atoms with Crippen molar-refractivity contribution in [2.75, 3.05) is 6.61 Å². The van der Waals surface area contributed by atoms with Gasteiger partial charge in [-0.25, -0.2) is 0 Å². The highest BCUT2D eigenvalue weighted by Crippen LogP contribution is 2.40. The fourth-order valence-electron chi connectivity index (χ4n) is 2.73. The highest BCUT2D eigenvalue weighted by Gasteiger charge is 2.47. The number of hydrogen-bond acceptors (Lipinski definition) is 2. The van der Waals surface area contributed by atoms with Gasteiger partial charge >= 0.3 is 0 Å². The van der Waals surface area contributed by atoms with E-state index < -0.39 is 0 Å². The highest BCUT2D eigenvalue weighted by atomic mass is 16.5. The molecule has 0 unspecified atom stereocenters. The van der Waals surface area contributed by atoms with Gasteiger partial charge in [0.1, 0.15) is 0 Å². The van der Waals surface area contributed by atoms with Gasteiger partial charge in [0.05, 0.1) is 12.6 Å². The average Bonchev–Trinajstić information content (AvgIpc) is 2.92. The molecule has 1 aromatic rings. The number of fused-ring (bicyclic) bond motifs is 1. The monoisotopic (exact) mass is 245 g/mol. The molecule has 18 heavy (non-hydrogen) atoms. The van der Waals surface area contributed by atoms with E-state index in [2.05, 4.69) is 6.58 Å². The molecule has 0 aliphatic carbocycles. The van der Waals surface area contributed by atoms with Crippen molar-refractivity contribution in [2.45, 2.75) is 26.1 Å². The first-order valence-electron chi connectivity index (χ1n) is 5.91. The number of hydrogen-bond donors (Lipinski definition) is 0. The van der Waals surface area contributed by atoms with E-state index in [9.17, 15) is 4.79 Å². The summed E-state index contributed by atoms with van der Waals surface area (Å²) in [6.07, 6.45) is 2.24. The van der Waals surface area contributed by atoms with E-state index in [0.29, 0.717) is 13.0 Å². The lowest BCUT2D eigenvalue weighted by molar-refractivity contribution is -0.134. The number of ether oxygens (including phenoxy) is 1. The Labute approximate surface area is 108 Å². The molecular weight excluding hydrogens is 226 g/mol. The van der Waals surface area contributed by atoms with E-state index in [-0.39, 0.29) is 31.5 Å². The minimum absolute atomic E-state index is 0. The molecule has 3 heteroatoms. The molecule has 1 aromatic carbocycles. The predicted octanol–water partition coefficient (Wildman–Crippen LogP) is 2.75. The number of amides is 1. The molecule has 2 saturated heterocycles. The molecule has 0 radical (unpaired) electrons. The van der Waals surface area contributed by atoms with Crippen molar-refractivity contribution in [3.05, 3.63) is 48.6 Å². The Morgan fingerprint density at radius 1 is 1.33 bits per heavy atom. The largest absolute Gasteiger partial charge is 0.352 e. The molecule has 0 N–H and O–H groups in total. The van der Waals surface area contributed by atoms with Gasteiger partial charge in [0.25, 0.3) is 0 Å². The molecule has 3 rings (SSSR count). The summed E-state index contributed by atoms with van der Waals surface area (Å²) in [6, 6.07) is 10.1. The number of nitrogens with zero attached hydrogens (tertiary/aromatic N) is 1. The van der Waals surface area contributed by atoms with Crippen LogP contribution in [0.5, 0.6) is 0 Å². The van der Waals surface area contributed by atoms with Crippen LogP contribution in [0.2, 0.25) is 0 Å². The van der Waals surface area contributed by atoms with Gasteiger partial charge in [-0.15, -0.1) is 6.58 Å². The van der Waals surface area contributed by atoms with Crippen LogP contribution in [0, 0.1) is 5.92 Å². The zero-order valence-electron chi connectivity index (χ0n) is 9.58. The van der Waals surface area contributed by atoms with Gasteiger partial charge in [0.15, 0.2) is 6.23 Å². The molecular formula is C15H19NO2. The van der Waals surface area contributed by atoms with Crippen LogP contribution >= 0.6 is 0 Å². The molecule has 0 aromatic heterocycles. The van der Waals surface area contributed by atoms with Gasteiger partial charge in [0.2, 0.25) is 5.91 Å². The Morgan fingerprint density at radius 3 is 2.72 bits per heavy atom. The molecule has 2 aliphatic heterocycles. The van der Waals surface area contributed by atoms with E-state index in [4.69, 9.17) is 4.74 Å². The Morgan fingerprint density at radius 2 is 2.06 bits per heavy atom. The second-order valence-corrected chi connectivity index (χ2v) is 4.57. The standard InChI is InChI=1S/C14H15NO2.CH4/c1-2-10-8-13(16)15-12(10)9-17-14(15)11-6-4-3-5-7-11;/h2-7,10,12,14H,1,8-9H2;1H4/t10-,12+,14+;/m1./s1. The summed E-state index contributed by atoms with van der Waals surface area (Å²) in [4.78, 5) is 13.9. The van der Waals surface area contributed by atoms with E-state index in [1.54, 1.807) is 0 Å². The number of benzene rings is 1. The first kappa shape index (κ1) is 12.8. The molecule has 2 fully saturated rings. The fourth-order valence-corrected chi connectivity index (χ4v) is 2.73. The third-order valence-electron chi connectivity index (χ3n) is 3.61. The fraction of sp³-hybridized carbons (Fsp3) is 0.400. The lowest BCUT2D eigenvalue weighted by Crippen LogP contribution is -2.32. The molecule has 0 bridgehead atoms. The van der Waals surface area contributed by atoms with Crippen molar-refractivity contribution >= 4 is 5.91 Å².